The van der Waals surface area contributed by atoms with E-state index in [1.807, 2.05) is 54.6 Å². The first-order chi connectivity index (χ1) is 17.3. The van der Waals surface area contributed by atoms with E-state index in [1.165, 1.54) is 4.90 Å². The monoisotopic (exact) mass is 541 g/mol. The summed E-state index contributed by atoms with van der Waals surface area (Å²) >= 11 is 19.3. The van der Waals surface area contributed by atoms with Crippen LogP contribution in [0, 0.1) is 0 Å². The van der Waals surface area contributed by atoms with Gasteiger partial charge in [0.15, 0.2) is 0 Å². The van der Waals surface area contributed by atoms with Crippen LogP contribution in [0.1, 0.15) is 60.3 Å². The SMILES string of the molecule is CCCCCC[n+]1c([O-])c(C(=O)N2C=Cc3ccccc3C2C(Cl)(Cl)Cl)n2ccc3ccccc3c21. The van der Waals surface area contributed by atoms with Crippen LogP contribution in [0.4, 0.5) is 0 Å². The molecule has 0 bridgehead atoms. The van der Waals surface area contributed by atoms with Gasteiger partial charge in [0.05, 0.1) is 18.1 Å². The number of unbranched alkanes of at least 4 members (excludes halogenated alkanes) is 3. The highest BCUT2D eigenvalue weighted by atomic mass is 35.6. The van der Waals surface area contributed by atoms with Gasteiger partial charge in [-0.2, -0.15) is 4.40 Å². The fourth-order valence-corrected chi connectivity index (χ4v) is 5.70. The highest BCUT2D eigenvalue weighted by Gasteiger charge is 2.44. The summed E-state index contributed by atoms with van der Waals surface area (Å²) in [7, 11) is 0. The molecule has 186 valence electrons. The Labute approximate surface area is 225 Å². The number of amides is 1. The molecule has 0 aliphatic carbocycles. The number of fused-ring (bicyclic) bond motifs is 4. The molecule has 1 unspecified atom stereocenters. The van der Waals surface area contributed by atoms with Crippen molar-refractivity contribution in [2.24, 2.45) is 0 Å². The Hall–Kier alpha value is -2.73. The van der Waals surface area contributed by atoms with Gasteiger partial charge in [-0.25, -0.2) is 4.57 Å². The molecule has 0 saturated carbocycles. The third-order valence-electron chi connectivity index (χ3n) is 6.74. The molecule has 0 fully saturated rings. The average Bonchev–Trinajstić information content (AvgIpc) is 3.16. The van der Waals surface area contributed by atoms with Gasteiger partial charge in [0.1, 0.15) is 11.9 Å². The maximum atomic E-state index is 14.1. The Morgan fingerprint density at radius 3 is 2.56 bits per heavy atom. The minimum absolute atomic E-state index is 0.0227. The summed E-state index contributed by atoms with van der Waals surface area (Å²) in [6.45, 7) is 2.67. The lowest BCUT2D eigenvalue weighted by molar-refractivity contribution is -0.711. The number of hydrogen-bond donors (Lipinski definition) is 0. The molecule has 0 N–H and O–H groups in total. The second-order valence-corrected chi connectivity index (χ2v) is 11.4. The van der Waals surface area contributed by atoms with Crippen LogP contribution in [0.25, 0.3) is 22.5 Å². The zero-order valence-corrected chi connectivity index (χ0v) is 22.1. The first-order valence-corrected chi connectivity index (χ1v) is 13.3. The Kier molecular flexibility index (Phi) is 6.90. The van der Waals surface area contributed by atoms with Crippen LogP contribution >= 0.6 is 34.8 Å². The smallest absolute Gasteiger partial charge is 0.302 e. The fraction of sp³-hybridized carbons (Fsp3) is 0.286. The number of hydrogen-bond acceptors (Lipinski definition) is 2. The first-order valence-electron chi connectivity index (χ1n) is 12.1. The first kappa shape index (κ1) is 24.9. The maximum absolute atomic E-state index is 14.1. The summed E-state index contributed by atoms with van der Waals surface area (Å²) in [5.74, 6) is -0.858. The van der Waals surface area contributed by atoms with Crippen LogP contribution < -0.4 is 9.67 Å². The molecule has 5 nitrogen and oxygen atoms in total. The molecule has 0 spiro atoms. The van der Waals surface area contributed by atoms with E-state index in [0.29, 0.717) is 17.8 Å². The number of nitrogens with zero attached hydrogens (tertiary/aromatic N) is 3. The number of halogens is 3. The number of benzene rings is 2. The van der Waals surface area contributed by atoms with Gasteiger partial charge in [-0.05, 0) is 47.6 Å². The van der Waals surface area contributed by atoms with Crippen LogP contribution in [0.2, 0.25) is 0 Å². The normalized spacial score (nSPS) is 15.6. The molecule has 36 heavy (non-hydrogen) atoms. The predicted molar refractivity (Wildman–Crippen MR) is 143 cm³/mol. The molecule has 0 radical (unpaired) electrons. The van der Waals surface area contributed by atoms with Crippen molar-refractivity contribution >= 4 is 63.2 Å². The molecular formula is C28H26Cl3N3O2. The predicted octanol–water partition coefficient (Wildman–Crippen LogP) is 6.57. The van der Waals surface area contributed by atoms with Gasteiger partial charge in [0.2, 0.25) is 9.49 Å². The molecule has 4 aromatic rings. The van der Waals surface area contributed by atoms with E-state index in [0.717, 1.165) is 42.0 Å². The van der Waals surface area contributed by atoms with Gasteiger partial charge in [-0.3, -0.25) is 9.69 Å². The number of imidazole rings is 1. The summed E-state index contributed by atoms with van der Waals surface area (Å²) in [4.78, 5) is 15.5. The summed E-state index contributed by atoms with van der Waals surface area (Å²) in [5.41, 5.74) is 2.29. The number of aromatic nitrogens is 2. The highest BCUT2D eigenvalue weighted by molar-refractivity contribution is 6.68. The third kappa shape index (κ3) is 4.34. The standard InChI is InChI=1S/C28H26Cl3N3O2/c1-2-3-4-9-16-34-25-22-13-8-6-11-20(22)14-17-32(25)23(27(34)36)26(35)33-18-15-19-10-5-7-12-21(19)24(33)28(29,30)31/h5-8,10-15,17-18,24H,2-4,9,16H2,1H3. The summed E-state index contributed by atoms with van der Waals surface area (Å²) in [6, 6.07) is 16.4. The second kappa shape index (κ2) is 9.97. The number of rotatable bonds is 6. The topological polar surface area (TPSA) is 51.7 Å². The quantitative estimate of drug-likeness (QED) is 0.157. The van der Waals surface area contributed by atoms with Crippen molar-refractivity contribution in [3.8, 4) is 5.88 Å². The molecule has 0 saturated heterocycles. The summed E-state index contributed by atoms with van der Waals surface area (Å²) < 4.78 is 1.60. The van der Waals surface area contributed by atoms with Crippen molar-refractivity contribution in [3.63, 3.8) is 0 Å². The van der Waals surface area contributed by atoms with Crippen molar-refractivity contribution < 1.29 is 14.5 Å². The van der Waals surface area contributed by atoms with Crippen molar-refractivity contribution in [3.05, 3.63) is 83.8 Å². The highest BCUT2D eigenvalue weighted by Crippen LogP contribution is 2.47. The fourth-order valence-electron chi connectivity index (χ4n) is 5.03. The van der Waals surface area contributed by atoms with E-state index < -0.39 is 15.7 Å². The molecule has 1 amide bonds. The third-order valence-corrected chi connectivity index (χ3v) is 7.36. The average molecular weight is 543 g/mol. The Morgan fingerprint density at radius 1 is 1.03 bits per heavy atom. The van der Waals surface area contributed by atoms with Gasteiger partial charge >= 0.3 is 5.91 Å². The van der Waals surface area contributed by atoms with Crippen molar-refractivity contribution in [2.75, 3.05) is 0 Å². The lowest BCUT2D eigenvalue weighted by Gasteiger charge is -2.37. The number of aryl methyl sites for hydroxylation is 1. The van der Waals surface area contributed by atoms with E-state index in [4.69, 9.17) is 34.8 Å². The zero-order chi connectivity index (χ0) is 25.4. The van der Waals surface area contributed by atoms with Crippen LogP contribution in [0.3, 0.4) is 0 Å². The van der Waals surface area contributed by atoms with Crippen LogP contribution in [0.5, 0.6) is 5.88 Å². The molecule has 2 aromatic heterocycles. The van der Waals surface area contributed by atoms with E-state index in [1.54, 1.807) is 27.4 Å². The molecule has 3 heterocycles. The maximum Gasteiger partial charge on any atom is 0.302 e. The van der Waals surface area contributed by atoms with E-state index >= 15 is 0 Å². The number of pyridine rings is 1. The van der Waals surface area contributed by atoms with Crippen molar-refractivity contribution in [2.45, 2.75) is 49.0 Å². The molecule has 1 aliphatic rings. The van der Waals surface area contributed by atoms with Crippen molar-refractivity contribution in [1.29, 1.82) is 0 Å². The van der Waals surface area contributed by atoms with Crippen LogP contribution in [-0.4, -0.2) is 19.0 Å². The number of carbonyl (C=O) groups excluding carboxylic acids is 1. The second-order valence-electron chi connectivity index (χ2n) is 9.06. The lowest BCUT2D eigenvalue weighted by atomic mass is 9.96. The van der Waals surface area contributed by atoms with E-state index in [-0.39, 0.29) is 11.6 Å². The van der Waals surface area contributed by atoms with Crippen LogP contribution in [0.15, 0.2) is 67.0 Å². The van der Waals surface area contributed by atoms with E-state index in [2.05, 4.69) is 6.92 Å². The lowest BCUT2D eigenvalue weighted by Crippen LogP contribution is -2.41. The zero-order valence-electron chi connectivity index (χ0n) is 19.8. The molecule has 2 aromatic carbocycles. The Morgan fingerprint density at radius 2 is 1.78 bits per heavy atom. The van der Waals surface area contributed by atoms with Gasteiger partial charge in [0.25, 0.3) is 5.65 Å². The van der Waals surface area contributed by atoms with Crippen LogP contribution in [-0.2, 0) is 6.54 Å². The summed E-state index contributed by atoms with van der Waals surface area (Å²) in [6.07, 6.45) is 9.22. The Bertz CT molecular complexity index is 1470. The molecule has 1 aliphatic heterocycles. The van der Waals surface area contributed by atoms with E-state index in [9.17, 15) is 9.90 Å². The number of carbonyl (C=O) groups is 1. The summed E-state index contributed by atoms with van der Waals surface area (Å²) in [5, 5.41) is 15.8. The molecule has 8 heteroatoms. The minimum atomic E-state index is -1.81. The van der Waals surface area contributed by atoms with Gasteiger partial charge < -0.3 is 5.11 Å². The van der Waals surface area contributed by atoms with Gasteiger partial charge in [0, 0.05) is 6.20 Å². The van der Waals surface area contributed by atoms with Gasteiger partial charge in [-0.15, -0.1) is 0 Å². The largest absolute Gasteiger partial charge is 0.839 e. The molecule has 1 atom stereocenters. The minimum Gasteiger partial charge on any atom is -0.839 e. The Balaban J connectivity index is 1.67. The number of alkyl halides is 3. The molecular weight excluding hydrogens is 517 g/mol. The molecule has 5 rings (SSSR count). The van der Waals surface area contributed by atoms with Gasteiger partial charge in [-0.1, -0.05) is 97.0 Å². The van der Waals surface area contributed by atoms with Crippen molar-refractivity contribution in [1.82, 2.24) is 9.30 Å².